The van der Waals surface area contributed by atoms with E-state index in [0.29, 0.717) is 0 Å². The zero-order valence-electron chi connectivity index (χ0n) is 15.0. The van der Waals surface area contributed by atoms with Gasteiger partial charge in [-0.25, -0.2) is 0 Å². The van der Waals surface area contributed by atoms with E-state index in [1.54, 1.807) is 0 Å². The molecule has 0 radical (unpaired) electrons. The van der Waals surface area contributed by atoms with Gasteiger partial charge in [-0.3, -0.25) is 0 Å². The fraction of sp³-hybridized carbons (Fsp3) is 0.250. The minimum atomic E-state index is 0.777. The van der Waals surface area contributed by atoms with Gasteiger partial charge < -0.3 is 4.74 Å². The fourth-order valence-corrected chi connectivity index (χ4v) is 3.68. The second-order valence-electron chi connectivity index (χ2n) is 6.36. The van der Waals surface area contributed by atoms with Gasteiger partial charge >= 0.3 is 0 Å². The Morgan fingerprint density at radius 3 is 1.96 bits per heavy atom. The Hall–Kier alpha value is -1.81. The van der Waals surface area contributed by atoms with E-state index in [1.807, 2.05) is 0 Å². The molecule has 3 rings (SSSR count). The molecule has 2 heteroatoms. The van der Waals surface area contributed by atoms with Gasteiger partial charge in [0.05, 0.1) is 6.61 Å². The number of alkyl halides is 1. The Bertz CT molecular complexity index is 784. The maximum absolute atomic E-state index is 6.23. The van der Waals surface area contributed by atoms with Gasteiger partial charge in [0.1, 0.15) is 5.75 Å². The van der Waals surface area contributed by atoms with Crippen molar-refractivity contribution < 1.29 is 4.74 Å². The number of hydrogen-bond donors (Lipinski definition) is 0. The molecule has 0 aromatic heterocycles. The molecule has 3 aromatic carbocycles. The van der Waals surface area contributed by atoms with Crippen molar-refractivity contribution in [1.29, 1.82) is 0 Å². The normalized spacial score (nSPS) is 10.7. The molecule has 0 aliphatic rings. The van der Waals surface area contributed by atoms with Crippen molar-refractivity contribution in [2.45, 2.75) is 25.7 Å². The van der Waals surface area contributed by atoms with Crippen molar-refractivity contribution in [3.8, 4) is 28.0 Å². The standard InChI is InChI=1S/C24H25IO/c25-18-9-1-2-10-19-26-23-17-11-16-22(20-12-5-3-6-13-20)24(23)21-14-7-4-8-15-21/h3-8,11-17H,1-2,9-10,18-19H2. The number of unbranched alkanes of at least 4 members (excludes halogenated alkanes) is 3. The molecule has 0 saturated carbocycles. The Labute approximate surface area is 170 Å². The highest BCUT2D eigenvalue weighted by molar-refractivity contribution is 14.1. The number of ether oxygens (including phenoxy) is 1. The molecule has 0 atom stereocenters. The highest BCUT2D eigenvalue weighted by Crippen LogP contribution is 2.39. The molecule has 0 saturated heterocycles. The molecule has 0 aliphatic heterocycles. The van der Waals surface area contributed by atoms with Crippen molar-refractivity contribution in [2.75, 3.05) is 11.0 Å². The summed E-state index contributed by atoms with van der Waals surface area (Å²) in [7, 11) is 0. The van der Waals surface area contributed by atoms with E-state index in [9.17, 15) is 0 Å². The Morgan fingerprint density at radius 2 is 1.27 bits per heavy atom. The molecule has 0 spiro atoms. The Kier molecular flexibility index (Phi) is 7.56. The van der Waals surface area contributed by atoms with Crippen LogP contribution in [0.15, 0.2) is 78.9 Å². The van der Waals surface area contributed by atoms with Crippen molar-refractivity contribution in [3.63, 3.8) is 0 Å². The first kappa shape index (κ1) is 19.0. The zero-order valence-corrected chi connectivity index (χ0v) is 17.2. The van der Waals surface area contributed by atoms with Crippen LogP contribution in [0.2, 0.25) is 0 Å². The van der Waals surface area contributed by atoms with Gasteiger partial charge in [-0.2, -0.15) is 0 Å². The quantitative estimate of drug-likeness (QED) is 0.185. The van der Waals surface area contributed by atoms with E-state index >= 15 is 0 Å². The molecule has 1 nitrogen and oxygen atoms in total. The third-order valence-corrected chi connectivity index (χ3v) is 5.22. The molecular formula is C24H25IO. The maximum Gasteiger partial charge on any atom is 0.127 e. The molecule has 3 aromatic rings. The molecule has 0 aliphatic carbocycles. The maximum atomic E-state index is 6.23. The molecule has 0 N–H and O–H groups in total. The van der Waals surface area contributed by atoms with Crippen LogP contribution in [0.1, 0.15) is 25.7 Å². The van der Waals surface area contributed by atoms with Gasteiger partial charge in [0.15, 0.2) is 0 Å². The monoisotopic (exact) mass is 456 g/mol. The van der Waals surface area contributed by atoms with Crippen molar-refractivity contribution in [1.82, 2.24) is 0 Å². The lowest BCUT2D eigenvalue weighted by Gasteiger charge is -2.16. The topological polar surface area (TPSA) is 9.23 Å². The summed E-state index contributed by atoms with van der Waals surface area (Å²) < 4.78 is 7.48. The highest BCUT2D eigenvalue weighted by Gasteiger charge is 2.13. The van der Waals surface area contributed by atoms with E-state index in [4.69, 9.17) is 4.74 Å². The van der Waals surface area contributed by atoms with Gasteiger partial charge in [0, 0.05) is 5.56 Å². The smallest absolute Gasteiger partial charge is 0.127 e. The lowest BCUT2D eigenvalue weighted by molar-refractivity contribution is 0.306. The first-order chi connectivity index (χ1) is 12.9. The second kappa shape index (κ2) is 10.4. The molecule has 134 valence electrons. The van der Waals surface area contributed by atoms with Crippen molar-refractivity contribution in [2.24, 2.45) is 0 Å². The van der Waals surface area contributed by atoms with Crippen LogP contribution in [-0.4, -0.2) is 11.0 Å². The highest BCUT2D eigenvalue weighted by atomic mass is 127. The molecule has 0 bridgehead atoms. The predicted octanol–water partition coefficient (Wildman–Crippen LogP) is 7.39. The minimum absolute atomic E-state index is 0.777. The van der Waals surface area contributed by atoms with E-state index in [2.05, 4.69) is 101 Å². The van der Waals surface area contributed by atoms with Crippen LogP contribution in [0.25, 0.3) is 22.3 Å². The molecule has 0 fully saturated rings. The Morgan fingerprint density at radius 1 is 0.615 bits per heavy atom. The largest absolute Gasteiger partial charge is 0.493 e. The SMILES string of the molecule is ICCCCCCOc1cccc(-c2ccccc2)c1-c1ccccc1. The van der Waals surface area contributed by atoms with Gasteiger partial charge in [-0.1, -0.05) is 108 Å². The Balaban J connectivity index is 1.87. The van der Waals surface area contributed by atoms with E-state index < -0.39 is 0 Å². The van der Waals surface area contributed by atoms with Crippen LogP contribution in [0.4, 0.5) is 0 Å². The van der Waals surface area contributed by atoms with E-state index in [-0.39, 0.29) is 0 Å². The lowest BCUT2D eigenvalue weighted by Crippen LogP contribution is -2.00. The number of benzene rings is 3. The van der Waals surface area contributed by atoms with Crippen LogP contribution in [0.3, 0.4) is 0 Å². The van der Waals surface area contributed by atoms with Gasteiger partial charge in [0.2, 0.25) is 0 Å². The number of hydrogen-bond acceptors (Lipinski definition) is 1. The fourth-order valence-electron chi connectivity index (χ4n) is 3.14. The summed E-state index contributed by atoms with van der Waals surface area (Å²) in [6.07, 6.45) is 4.95. The molecule has 0 unspecified atom stereocenters. The molecule has 26 heavy (non-hydrogen) atoms. The summed E-state index contributed by atoms with van der Waals surface area (Å²) in [5.74, 6) is 0.978. The van der Waals surface area contributed by atoms with E-state index in [0.717, 1.165) is 18.8 Å². The third kappa shape index (κ3) is 5.10. The van der Waals surface area contributed by atoms with Crippen LogP contribution in [0, 0.1) is 0 Å². The van der Waals surface area contributed by atoms with Gasteiger partial charge in [0.25, 0.3) is 0 Å². The van der Waals surface area contributed by atoms with Crippen molar-refractivity contribution >= 4 is 22.6 Å². The average Bonchev–Trinajstić information content (AvgIpc) is 2.71. The predicted molar refractivity (Wildman–Crippen MR) is 120 cm³/mol. The summed E-state index contributed by atoms with van der Waals surface area (Å²) in [6, 6.07) is 27.5. The van der Waals surface area contributed by atoms with E-state index in [1.165, 1.54) is 45.9 Å². The molecular weight excluding hydrogens is 431 g/mol. The summed E-state index contributed by atoms with van der Waals surface area (Å²) in [5.41, 5.74) is 4.83. The summed E-state index contributed by atoms with van der Waals surface area (Å²) in [6.45, 7) is 0.777. The second-order valence-corrected chi connectivity index (χ2v) is 7.44. The molecule has 0 heterocycles. The van der Waals surface area contributed by atoms with Gasteiger partial charge in [-0.05, 0) is 40.0 Å². The van der Waals surface area contributed by atoms with Crippen LogP contribution in [-0.2, 0) is 0 Å². The number of rotatable bonds is 9. The first-order valence-corrected chi connectivity index (χ1v) is 10.9. The average molecular weight is 456 g/mol. The first-order valence-electron chi connectivity index (χ1n) is 9.33. The zero-order chi connectivity index (χ0) is 18.0. The van der Waals surface area contributed by atoms with Crippen LogP contribution >= 0.6 is 22.6 Å². The van der Waals surface area contributed by atoms with Crippen LogP contribution in [0.5, 0.6) is 5.75 Å². The summed E-state index contributed by atoms with van der Waals surface area (Å²) in [5, 5.41) is 0. The lowest BCUT2D eigenvalue weighted by atomic mass is 9.94. The number of halogens is 1. The molecule has 0 amide bonds. The van der Waals surface area contributed by atoms with Crippen molar-refractivity contribution in [3.05, 3.63) is 78.9 Å². The minimum Gasteiger partial charge on any atom is -0.493 e. The summed E-state index contributed by atoms with van der Waals surface area (Å²) in [4.78, 5) is 0. The van der Waals surface area contributed by atoms with Crippen LogP contribution < -0.4 is 4.74 Å². The third-order valence-electron chi connectivity index (χ3n) is 4.46. The summed E-state index contributed by atoms with van der Waals surface area (Å²) >= 11 is 2.45. The van der Waals surface area contributed by atoms with Gasteiger partial charge in [-0.15, -0.1) is 0 Å².